The lowest BCUT2D eigenvalue weighted by atomic mass is 10.5. The SMILES string of the molecule is NC(=O)OC(=O)/C=C/C(=O)Oc1ccco1. The van der Waals surface area contributed by atoms with Crippen LogP contribution in [0.25, 0.3) is 0 Å². The molecule has 7 heteroatoms. The molecule has 7 nitrogen and oxygen atoms in total. The van der Waals surface area contributed by atoms with Crippen LogP contribution in [0, 0.1) is 0 Å². The van der Waals surface area contributed by atoms with E-state index in [0.717, 1.165) is 6.08 Å². The van der Waals surface area contributed by atoms with E-state index >= 15 is 0 Å². The second-order valence-corrected chi connectivity index (χ2v) is 2.43. The summed E-state index contributed by atoms with van der Waals surface area (Å²) in [6.07, 6.45) is 1.53. The molecule has 0 aliphatic heterocycles. The van der Waals surface area contributed by atoms with Crippen molar-refractivity contribution in [3.05, 3.63) is 30.5 Å². The Kier molecular flexibility index (Phi) is 3.84. The fourth-order valence-electron chi connectivity index (χ4n) is 0.724. The molecule has 84 valence electrons. The minimum atomic E-state index is -1.26. The minimum absolute atomic E-state index is 0.0158. The molecule has 0 fully saturated rings. The number of primary amides is 1. The van der Waals surface area contributed by atoms with Gasteiger partial charge in [-0.2, -0.15) is 0 Å². The molecular weight excluding hydrogens is 218 g/mol. The van der Waals surface area contributed by atoms with Gasteiger partial charge in [-0.15, -0.1) is 0 Å². The minimum Gasteiger partial charge on any atom is -0.434 e. The molecule has 1 aromatic rings. The fraction of sp³-hybridized carbons (Fsp3) is 0. The number of nitrogens with two attached hydrogens (primary N) is 1. The number of amides is 1. The smallest absolute Gasteiger partial charge is 0.412 e. The van der Waals surface area contributed by atoms with Crippen molar-refractivity contribution in [2.24, 2.45) is 5.73 Å². The van der Waals surface area contributed by atoms with Gasteiger partial charge >= 0.3 is 18.0 Å². The van der Waals surface area contributed by atoms with Crippen LogP contribution < -0.4 is 10.5 Å². The maximum absolute atomic E-state index is 11.0. The van der Waals surface area contributed by atoms with Crippen LogP contribution in [0.15, 0.2) is 35.0 Å². The zero-order chi connectivity index (χ0) is 12.0. The van der Waals surface area contributed by atoms with Gasteiger partial charge in [-0.05, 0) is 6.07 Å². The molecule has 2 N–H and O–H groups in total. The van der Waals surface area contributed by atoms with Crippen molar-refractivity contribution in [3.8, 4) is 5.95 Å². The Hall–Kier alpha value is -2.57. The molecule has 0 atom stereocenters. The van der Waals surface area contributed by atoms with E-state index in [0.29, 0.717) is 6.08 Å². The Labute approximate surface area is 89.4 Å². The van der Waals surface area contributed by atoms with Gasteiger partial charge < -0.3 is 19.6 Å². The first-order valence-corrected chi connectivity index (χ1v) is 4.02. The van der Waals surface area contributed by atoms with Crippen molar-refractivity contribution in [1.29, 1.82) is 0 Å². The standard InChI is InChI=1S/C9H7NO6/c10-9(13)16-7(12)4-3-6(11)15-8-2-1-5-14-8/h1-5H,(H2,10,13)/b4-3+. The molecule has 0 saturated heterocycles. The normalized spacial score (nSPS) is 10.0. The third-order valence-electron chi connectivity index (χ3n) is 1.25. The zero-order valence-electron chi connectivity index (χ0n) is 7.91. The van der Waals surface area contributed by atoms with Gasteiger partial charge in [0.2, 0.25) is 0 Å². The monoisotopic (exact) mass is 225 g/mol. The Morgan fingerprint density at radius 3 is 2.50 bits per heavy atom. The van der Waals surface area contributed by atoms with Crippen molar-refractivity contribution in [3.63, 3.8) is 0 Å². The quantitative estimate of drug-likeness (QED) is 0.452. The van der Waals surface area contributed by atoms with Crippen LogP contribution >= 0.6 is 0 Å². The highest BCUT2D eigenvalue weighted by molar-refractivity contribution is 5.96. The van der Waals surface area contributed by atoms with Crippen molar-refractivity contribution >= 4 is 18.0 Å². The van der Waals surface area contributed by atoms with Gasteiger partial charge in [0, 0.05) is 18.2 Å². The Bertz CT molecular complexity index is 419. The van der Waals surface area contributed by atoms with Gasteiger partial charge in [0.1, 0.15) is 0 Å². The average molecular weight is 225 g/mol. The van der Waals surface area contributed by atoms with Crippen LogP contribution in [0.5, 0.6) is 5.95 Å². The average Bonchev–Trinajstić information content (AvgIpc) is 2.66. The summed E-state index contributed by atoms with van der Waals surface area (Å²) < 4.78 is 13.2. The molecule has 1 aromatic heterocycles. The van der Waals surface area contributed by atoms with E-state index < -0.39 is 18.0 Å². The lowest BCUT2D eigenvalue weighted by Crippen LogP contribution is -2.17. The van der Waals surface area contributed by atoms with E-state index in [1.54, 1.807) is 0 Å². The topological polar surface area (TPSA) is 109 Å². The summed E-state index contributed by atoms with van der Waals surface area (Å²) in [5, 5.41) is 0. The maximum atomic E-state index is 11.0. The third-order valence-corrected chi connectivity index (χ3v) is 1.25. The van der Waals surface area contributed by atoms with Gasteiger partial charge in [-0.25, -0.2) is 14.4 Å². The molecule has 1 heterocycles. The molecule has 0 aromatic carbocycles. The summed E-state index contributed by atoms with van der Waals surface area (Å²) >= 11 is 0. The number of carbonyl (C=O) groups excluding carboxylic acids is 3. The lowest BCUT2D eigenvalue weighted by molar-refractivity contribution is -0.133. The Balaban J connectivity index is 2.42. The molecule has 0 bridgehead atoms. The van der Waals surface area contributed by atoms with Crippen LogP contribution in [0.2, 0.25) is 0 Å². The number of hydrogen-bond donors (Lipinski definition) is 1. The van der Waals surface area contributed by atoms with E-state index in [1.807, 2.05) is 0 Å². The molecule has 16 heavy (non-hydrogen) atoms. The Morgan fingerprint density at radius 1 is 1.25 bits per heavy atom. The van der Waals surface area contributed by atoms with Gasteiger partial charge in [0.25, 0.3) is 5.95 Å². The van der Waals surface area contributed by atoms with E-state index in [-0.39, 0.29) is 5.95 Å². The van der Waals surface area contributed by atoms with Gasteiger partial charge in [0.15, 0.2) is 0 Å². The highest BCUT2D eigenvalue weighted by Gasteiger charge is 2.05. The highest BCUT2D eigenvalue weighted by atomic mass is 16.6. The number of hydrogen-bond acceptors (Lipinski definition) is 6. The second-order valence-electron chi connectivity index (χ2n) is 2.43. The van der Waals surface area contributed by atoms with Gasteiger partial charge in [-0.3, -0.25) is 0 Å². The fourth-order valence-corrected chi connectivity index (χ4v) is 0.724. The number of carbonyl (C=O) groups is 3. The largest absolute Gasteiger partial charge is 0.434 e. The first kappa shape index (κ1) is 11.5. The predicted octanol–water partition coefficient (Wildman–Crippen LogP) is 0.363. The zero-order valence-corrected chi connectivity index (χ0v) is 7.91. The van der Waals surface area contributed by atoms with Crippen LogP contribution in [0.4, 0.5) is 4.79 Å². The van der Waals surface area contributed by atoms with Crippen LogP contribution in [0.1, 0.15) is 0 Å². The number of rotatable bonds is 3. The molecular formula is C9H7NO6. The molecule has 0 radical (unpaired) electrons. The predicted molar refractivity (Wildman–Crippen MR) is 49.2 cm³/mol. The summed E-state index contributed by atoms with van der Waals surface area (Å²) in [6.45, 7) is 0. The maximum Gasteiger partial charge on any atom is 0.412 e. The molecule has 0 aliphatic carbocycles. The third kappa shape index (κ3) is 4.09. The van der Waals surface area contributed by atoms with Crippen LogP contribution in [-0.4, -0.2) is 18.0 Å². The number of esters is 2. The van der Waals surface area contributed by atoms with Crippen molar-refractivity contribution < 1.29 is 28.3 Å². The van der Waals surface area contributed by atoms with Crippen molar-refractivity contribution in [2.45, 2.75) is 0 Å². The number of furan rings is 1. The Morgan fingerprint density at radius 2 is 1.94 bits per heavy atom. The van der Waals surface area contributed by atoms with Gasteiger partial charge in [0.05, 0.1) is 6.26 Å². The van der Waals surface area contributed by atoms with Crippen LogP contribution in [0.3, 0.4) is 0 Å². The second kappa shape index (κ2) is 5.35. The summed E-state index contributed by atoms with van der Waals surface area (Å²) in [5.74, 6) is -1.93. The summed E-state index contributed by atoms with van der Waals surface area (Å²) in [4.78, 5) is 31.9. The van der Waals surface area contributed by atoms with E-state index in [9.17, 15) is 14.4 Å². The first-order valence-electron chi connectivity index (χ1n) is 4.02. The molecule has 1 rings (SSSR count). The van der Waals surface area contributed by atoms with E-state index in [2.05, 4.69) is 15.2 Å². The molecule has 0 saturated carbocycles. The van der Waals surface area contributed by atoms with Gasteiger partial charge in [-0.1, -0.05) is 0 Å². The van der Waals surface area contributed by atoms with Crippen LogP contribution in [-0.2, 0) is 14.3 Å². The number of ether oxygens (including phenoxy) is 2. The first-order chi connectivity index (χ1) is 7.58. The summed E-state index contributed by atoms with van der Waals surface area (Å²) in [7, 11) is 0. The van der Waals surface area contributed by atoms with E-state index in [1.165, 1.54) is 18.4 Å². The molecule has 0 spiro atoms. The molecule has 0 aliphatic rings. The summed E-state index contributed by atoms with van der Waals surface area (Å²) in [6, 6.07) is 2.93. The molecule has 0 unspecified atom stereocenters. The van der Waals surface area contributed by atoms with Crippen molar-refractivity contribution in [2.75, 3.05) is 0 Å². The summed E-state index contributed by atoms with van der Waals surface area (Å²) in [5.41, 5.74) is 4.56. The van der Waals surface area contributed by atoms with Crippen molar-refractivity contribution in [1.82, 2.24) is 0 Å². The molecule has 1 amide bonds. The highest BCUT2D eigenvalue weighted by Crippen LogP contribution is 2.09. The van der Waals surface area contributed by atoms with E-state index in [4.69, 9.17) is 4.42 Å². The lowest BCUT2D eigenvalue weighted by Gasteiger charge is -1.94.